The van der Waals surface area contributed by atoms with Gasteiger partial charge in [-0.2, -0.15) is 0 Å². The Bertz CT molecular complexity index is 983. The van der Waals surface area contributed by atoms with Gasteiger partial charge in [-0.05, 0) is 37.3 Å². The highest BCUT2D eigenvalue weighted by molar-refractivity contribution is 5.94. The molecule has 0 aliphatic heterocycles. The van der Waals surface area contributed by atoms with Crippen LogP contribution in [0.3, 0.4) is 0 Å². The van der Waals surface area contributed by atoms with Gasteiger partial charge in [0.05, 0.1) is 0 Å². The van der Waals surface area contributed by atoms with Gasteiger partial charge in [-0.25, -0.2) is 9.37 Å². The number of nitrogens with one attached hydrogen (secondary N) is 1. The van der Waals surface area contributed by atoms with Crippen molar-refractivity contribution in [2.24, 2.45) is 7.05 Å². The molecule has 0 bridgehead atoms. The average Bonchev–Trinajstić information content (AvgIpc) is 3.11. The number of benzene rings is 2. The third-order valence-corrected chi connectivity index (χ3v) is 4.27. The van der Waals surface area contributed by atoms with Crippen molar-refractivity contribution in [3.8, 4) is 5.75 Å². The molecule has 1 aromatic heterocycles. The Kier molecular flexibility index (Phi) is 5.84. The second-order valence-corrected chi connectivity index (χ2v) is 6.29. The summed E-state index contributed by atoms with van der Waals surface area (Å²) < 4.78 is 21.5. The summed E-state index contributed by atoms with van der Waals surface area (Å²) in [5, 5.41) is 2.78. The molecule has 0 saturated heterocycles. The van der Waals surface area contributed by atoms with Crippen LogP contribution >= 0.6 is 0 Å². The molecule has 1 N–H and O–H groups in total. The van der Waals surface area contributed by atoms with E-state index in [2.05, 4.69) is 10.3 Å². The molecule has 7 heteroatoms. The third kappa shape index (κ3) is 4.43. The van der Waals surface area contributed by atoms with Gasteiger partial charge in [-0.3, -0.25) is 9.59 Å². The molecule has 0 aliphatic rings. The molecule has 28 heavy (non-hydrogen) atoms. The highest BCUT2D eigenvalue weighted by Crippen LogP contribution is 2.23. The molecule has 1 heterocycles. The normalized spacial score (nSPS) is 11.7. The topological polar surface area (TPSA) is 73.2 Å². The Balaban J connectivity index is 1.72. The van der Waals surface area contributed by atoms with Crippen molar-refractivity contribution in [2.75, 3.05) is 6.61 Å². The first kappa shape index (κ1) is 19.3. The highest BCUT2D eigenvalue weighted by atomic mass is 19.1. The van der Waals surface area contributed by atoms with E-state index in [4.69, 9.17) is 4.74 Å². The van der Waals surface area contributed by atoms with Crippen molar-refractivity contribution in [3.63, 3.8) is 0 Å². The van der Waals surface area contributed by atoms with Gasteiger partial charge in [-0.1, -0.05) is 18.2 Å². The maximum atomic E-state index is 14.3. The van der Waals surface area contributed by atoms with E-state index >= 15 is 0 Å². The zero-order chi connectivity index (χ0) is 20.1. The van der Waals surface area contributed by atoms with Crippen LogP contribution < -0.4 is 10.1 Å². The number of ether oxygens (including phenoxy) is 1. The van der Waals surface area contributed by atoms with E-state index in [0.717, 1.165) is 0 Å². The molecule has 0 spiro atoms. The third-order valence-electron chi connectivity index (χ3n) is 4.27. The number of ketones is 1. The van der Waals surface area contributed by atoms with Crippen LogP contribution in [-0.4, -0.2) is 27.8 Å². The van der Waals surface area contributed by atoms with Crippen LogP contribution in [0.5, 0.6) is 5.75 Å². The smallest absolute Gasteiger partial charge is 0.258 e. The van der Waals surface area contributed by atoms with E-state index in [1.54, 1.807) is 66.5 Å². The molecule has 0 radical (unpaired) electrons. The number of rotatable bonds is 7. The molecular formula is C21H20FN3O3. The fourth-order valence-electron chi connectivity index (χ4n) is 2.78. The van der Waals surface area contributed by atoms with Gasteiger partial charge < -0.3 is 14.6 Å². The van der Waals surface area contributed by atoms with Crippen LogP contribution in [0.2, 0.25) is 0 Å². The van der Waals surface area contributed by atoms with E-state index in [-0.39, 0.29) is 12.4 Å². The minimum atomic E-state index is -0.752. The number of hydrogen-bond acceptors (Lipinski definition) is 4. The molecule has 0 saturated carbocycles. The van der Waals surface area contributed by atoms with Crippen LogP contribution in [0.4, 0.5) is 4.39 Å². The molecule has 3 rings (SSSR count). The number of amides is 1. The van der Waals surface area contributed by atoms with Gasteiger partial charge in [0.2, 0.25) is 0 Å². The lowest BCUT2D eigenvalue weighted by molar-refractivity contribution is -0.123. The van der Waals surface area contributed by atoms with E-state index in [1.165, 1.54) is 13.0 Å². The van der Waals surface area contributed by atoms with E-state index in [0.29, 0.717) is 22.7 Å². The molecule has 0 unspecified atom stereocenters. The molecule has 0 fully saturated rings. The van der Waals surface area contributed by atoms with Crippen LogP contribution in [0.1, 0.15) is 34.7 Å². The molecule has 0 aliphatic carbocycles. The zero-order valence-electron chi connectivity index (χ0n) is 15.6. The number of Topliss-reactive ketones (excluding diaryl/α,β-unsaturated/α-hetero) is 1. The van der Waals surface area contributed by atoms with Crippen LogP contribution in [0.15, 0.2) is 60.9 Å². The minimum absolute atomic E-state index is 0.0490. The SMILES string of the molecule is CC(=O)c1ccc(OCC(=O)N[C@@H](c2ccccc2F)c2nccn2C)cc1. The Morgan fingerprint density at radius 3 is 2.50 bits per heavy atom. The monoisotopic (exact) mass is 381 g/mol. The van der Waals surface area contributed by atoms with Gasteiger partial charge in [-0.15, -0.1) is 0 Å². The Morgan fingerprint density at radius 2 is 1.89 bits per heavy atom. The molecule has 3 aromatic rings. The summed E-state index contributed by atoms with van der Waals surface area (Å²) >= 11 is 0. The van der Waals surface area contributed by atoms with E-state index in [9.17, 15) is 14.0 Å². The second kappa shape index (κ2) is 8.47. The molecule has 6 nitrogen and oxygen atoms in total. The van der Waals surface area contributed by atoms with Crippen LogP contribution in [0.25, 0.3) is 0 Å². The van der Waals surface area contributed by atoms with E-state index in [1.807, 2.05) is 0 Å². The lowest BCUT2D eigenvalue weighted by atomic mass is 10.1. The number of halogens is 1. The first-order valence-electron chi connectivity index (χ1n) is 8.70. The van der Waals surface area contributed by atoms with Crippen molar-refractivity contribution >= 4 is 11.7 Å². The van der Waals surface area contributed by atoms with Gasteiger partial charge in [0, 0.05) is 30.6 Å². The fraction of sp³-hybridized carbons (Fsp3) is 0.190. The molecule has 2 aromatic carbocycles. The summed E-state index contributed by atoms with van der Waals surface area (Å²) in [6.45, 7) is 1.22. The quantitative estimate of drug-likeness (QED) is 0.639. The van der Waals surface area contributed by atoms with Crippen molar-refractivity contribution in [1.82, 2.24) is 14.9 Å². The Morgan fingerprint density at radius 1 is 1.18 bits per heavy atom. The van der Waals surface area contributed by atoms with Crippen molar-refractivity contribution in [1.29, 1.82) is 0 Å². The molecule has 144 valence electrons. The van der Waals surface area contributed by atoms with Gasteiger partial charge in [0.1, 0.15) is 23.4 Å². The summed E-state index contributed by atoms with van der Waals surface area (Å²) in [4.78, 5) is 28.0. The summed E-state index contributed by atoms with van der Waals surface area (Å²) in [5.41, 5.74) is 0.877. The zero-order valence-corrected chi connectivity index (χ0v) is 15.6. The number of aromatic nitrogens is 2. The number of hydrogen-bond donors (Lipinski definition) is 1. The van der Waals surface area contributed by atoms with Gasteiger partial charge in [0.25, 0.3) is 5.91 Å². The maximum Gasteiger partial charge on any atom is 0.258 e. The Hall–Kier alpha value is -3.48. The van der Waals surface area contributed by atoms with Gasteiger partial charge >= 0.3 is 0 Å². The number of aryl methyl sites for hydroxylation is 1. The minimum Gasteiger partial charge on any atom is -0.484 e. The summed E-state index contributed by atoms with van der Waals surface area (Å²) in [7, 11) is 1.77. The summed E-state index contributed by atoms with van der Waals surface area (Å²) in [6, 6.07) is 12.0. The number of nitrogens with zero attached hydrogens (tertiary/aromatic N) is 2. The molecule has 1 amide bonds. The van der Waals surface area contributed by atoms with Crippen molar-refractivity contribution < 1.29 is 18.7 Å². The first-order chi connectivity index (χ1) is 13.5. The van der Waals surface area contributed by atoms with Gasteiger partial charge in [0.15, 0.2) is 12.4 Å². The molecular weight excluding hydrogens is 361 g/mol. The number of carbonyl (C=O) groups is 2. The first-order valence-corrected chi connectivity index (χ1v) is 8.70. The van der Waals surface area contributed by atoms with Crippen LogP contribution in [0, 0.1) is 5.82 Å². The fourth-order valence-corrected chi connectivity index (χ4v) is 2.78. The second-order valence-electron chi connectivity index (χ2n) is 6.29. The standard InChI is InChI=1S/C21H20FN3O3/c1-14(26)15-7-9-16(10-8-15)28-13-19(27)24-20(21-23-11-12-25(21)2)17-5-3-4-6-18(17)22/h3-12,20H,13H2,1-2H3,(H,24,27)/t20-/m0/s1. The van der Waals surface area contributed by atoms with Crippen LogP contribution in [-0.2, 0) is 11.8 Å². The largest absolute Gasteiger partial charge is 0.484 e. The lowest BCUT2D eigenvalue weighted by Crippen LogP contribution is -2.35. The predicted octanol–water partition coefficient (Wildman–Crippen LogP) is 3.05. The number of carbonyl (C=O) groups excluding carboxylic acids is 2. The highest BCUT2D eigenvalue weighted by Gasteiger charge is 2.23. The lowest BCUT2D eigenvalue weighted by Gasteiger charge is -2.20. The van der Waals surface area contributed by atoms with E-state index < -0.39 is 17.8 Å². The maximum absolute atomic E-state index is 14.3. The molecule has 1 atom stereocenters. The summed E-state index contributed by atoms with van der Waals surface area (Å²) in [6.07, 6.45) is 3.31. The van der Waals surface area contributed by atoms with Crippen molar-refractivity contribution in [2.45, 2.75) is 13.0 Å². The predicted molar refractivity (Wildman–Crippen MR) is 102 cm³/mol. The van der Waals surface area contributed by atoms with Crippen molar-refractivity contribution in [3.05, 3.63) is 83.7 Å². The number of imidazole rings is 1. The summed E-state index contributed by atoms with van der Waals surface area (Å²) in [5.74, 6) is 0.0550. The average molecular weight is 381 g/mol. The Labute approximate surface area is 162 Å².